The van der Waals surface area contributed by atoms with Gasteiger partial charge in [0.1, 0.15) is 0 Å². The van der Waals surface area contributed by atoms with Crippen molar-refractivity contribution in [3.05, 3.63) is 50.6 Å². The van der Waals surface area contributed by atoms with Gasteiger partial charge in [-0.15, -0.1) is 0 Å². The minimum Gasteiger partial charge on any atom is -0.452 e. The van der Waals surface area contributed by atoms with E-state index >= 15 is 0 Å². The van der Waals surface area contributed by atoms with E-state index in [1.54, 1.807) is 30.5 Å². The van der Waals surface area contributed by atoms with E-state index in [1.807, 2.05) is 6.07 Å². The van der Waals surface area contributed by atoms with Gasteiger partial charge in [-0.2, -0.15) is 5.26 Å². The molecule has 0 aliphatic rings. The number of nitrogens with one attached hydrogen (secondary N) is 1. The minimum atomic E-state index is -0.987. The molecule has 1 N–H and O–H groups in total. The second kappa shape index (κ2) is 8.26. The van der Waals surface area contributed by atoms with Crippen LogP contribution in [-0.4, -0.2) is 22.5 Å². The van der Waals surface area contributed by atoms with Crippen molar-refractivity contribution in [3.8, 4) is 6.07 Å². The van der Waals surface area contributed by atoms with Crippen LogP contribution >= 0.6 is 11.3 Å². The molecule has 2 aromatic rings. The van der Waals surface area contributed by atoms with Crippen molar-refractivity contribution in [2.24, 2.45) is 0 Å². The molecule has 7 nitrogen and oxygen atoms in total. The predicted molar refractivity (Wildman–Crippen MR) is 93.3 cm³/mol. The highest BCUT2D eigenvalue weighted by Crippen LogP contribution is 2.11. The van der Waals surface area contributed by atoms with Crippen molar-refractivity contribution in [2.75, 3.05) is 5.32 Å². The maximum atomic E-state index is 12.1. The Hall–Kier alpha value is -2.92. The zero-order valence-electron chi connectivity index (χ0n) is 13.8. The number of aryl methyl sites for hydroxylation is 1. The maximum absolute atomic E-state index is 12.1. The number of amides is 1. The number of hydrogen-bond acceptors (Lipinski definition) is 6. The third-order valence-corrected chi connectivity index (χ3v) is 4.33. The highest BCUT2D eigenvalue weighted by Gasteiger charge is 2.18. The van der Waals surface area contributed by atoms with Crippen molar-refractivity contribution in [1.29, 1.82) is 5.26 Å². The van der Waals surface area contributed by atoms with Crippen molar-refractivity contribution < 1.29 is 14.3 Å². The van der Waals surface area contributed by atoms with E-state index in [4.69, 9.17) is 10.00 Å². The van der Waals surface area contributed by atoms with Crippen molar-refractivity contribution in [2.45, 2.75) is 32.9 Å². The lowest BCUT2D eigenvalue weighted by molar-refractivity contribution is -0.153. The van der Waals surface area contributed by atoms with Crippen LogP contribution in [-0.2, 0) is 20.9 Å². The van der Waals surface area contributed by atoms with Crippen LogP contribution in [0.4, 0.5) is 5.69 Å². The Kier molecular flexibility index (Phi) is 6.08. The molecular formula is C17H17N3O4S. The number of aromatic nitrogens is 1. The van der Waals surface area contributed by atoms with Crippen molar-refractivity contribution in [1.82, 2.24) is 4.57 Å². The predicted octanol–water partition coefficient (Wildman–Crippen LogP) is 2.05. The molecule has 8 heteroatoms. The van der Waals surface area contributed by atoms with Gasteiger partial charge in [0.15, 0.2) is 6.10 Å². The molecule has 0 aliphatic heterocycles. The van der Waals surface area contributed by atoms with Crippen molar-refractivity contribution in [3.63, 3.8) is 0 Å². The number of benzene rings is 1. The van der Waals surface area contributed by atoms with E-state index in [2.05, 4.69) is 5.32 Å². The Morgan fingerprint density at radius 2 is 2.20 bits per heavy atom. The summed E-state index contributed by atoms with van der Waals surface area (Å²) in [6.45, 7) is 3.46. The number of rotatable bonds is 6. The first-order chi connectivity index (χ1) is 11.9. The molecule has 0 radical (unpaired) electrons. The van der Waals surface area contributed by atoms with Crippen LogP contribution in [0.5, 0.6) is 0 Å². The van der Waals surface area contributed by atoms with Crippen LogP contribution in [0.15, 0.2) is 34.4 Å². The number of esters is 1. The van der Waals surface area contributed by atoms with Gasteiger partial charge in [-0.1, -0.05) is 17.4 Å². The summed E-state index contributed by atoms with van der Waals surface area (Å²) in [7, 11) is 0. The summed E-state index contributed by atoms with van der Waals surface area (Å²) in [5.74, 6) is -1.06. The number of carbonyl (C=O) groups excluding carboxylic acids is 2. The fraction of sp³-hybridized carbons (Fsp3) is 0.294. The molecule has 0 fully saturated rings. The summed E-state index contributed by atoms with van der Waals surface area (Å²) in [5.41, 5.74) is 1.65. The van der Waals surface area contributed by atoms with E-state index < -0.39 is 18.0 Å². The third-order valence-electron chi connectivity index (χ3n) is 3.45. The zero-order valence-corrected chi connectivity index (χ0v) is 14.6. The molecule has 1 aromatic heterocycles. The topological polar surface area (TPSA) is 101 Å². The van der Waals surface area contributed by atoms with Gasteiger partial charge in [0.25, 0.3) is 5.91 Å². The lowest BCUT2D eigenvalue weighted by atomic mass is 10.2. The van der Waals surface area contributed by atoms with Gasteiger partial charge < -0.3 is 14.6 Å². The molecule has 0 saturated carbocycles. The van der Waals surface area contributed by atoms with E-state index in [-0.39, 0.29) is 17.8 Å². The summed E-state index contributed by atoms with van der Waals surface area (Å²) in [5, 5.41) is 13.2. The quantitative estimate of drug-likeness (QED) is 0.796. The standard InChI is InChI=1S/C17H17N3O4S/c1-11-10-25-17(23)20(11)7-6-15(21)24-12(2)16(22)19-14-5-3-4-13(8-14)9-18/h3-5,8,10,12H,6-7H2,1-2H3,(H,19,22)/t12-/m0/s1. The van der Waals surface area contributed by atoms with E-state index in [0.717, 1.165) is 17.0 Å². The van der Waals surface area contributed by atoms with Gasteiger partial charge in [0, 0.05) is 23.3 Å². The minimum absolute atomic E-state index is 0.000975. The number of ether oxygens (including phenoxy) is 1. The Bertz CT molecular complexity index is 879. The fourth-order valence-electron chi connectivity index (χ4n) is 2.10. The number of nitriles is 1. The Balaban J connectivity index is 1.86. The van der Waals surface area contributed by atoms with Crippen LogP contribution in [0.3, 0.4) is 0 Å². The van der Waals surface area contributed by atoms with E-state index in [1.165, 1.54) is 17.6 Å². The SMILES string of the molecule is Cc1csc(=O)n1CCC(=O)O[C@@H](C)C(=O)Nc1cccc(C#N)c1. The normalized spacial score (nSPS) is 11.4. The molecule has 130 valence electrons. The summed E-state index contributed by atoms with van der Waals surface area (Å²) in [6.07, 6.45) is -0.988. The zero-order chi connectivity index (χ0) is 18.4. The Morgan fingerprint density at radius 1 is 1.44 bits per heavy atom. The number of anilines is 1. The average molecular weight is 359 g/mol. The molecule has 0 aliphatic carbocycles. The fourth-order valence-corrected chi connectivity index (χ4v) is 2.86. The molecule has 0 unspecified atom stereocenters. The molecule has 1 heterocycles. The highest BCUT2D eigenvalue weighted by atomic mass is 32.1. The lowest BCUT2D eigenvalue weighted by Gasteiger charge is -2.14. The third kappa shape index (κ3) is 5.02. The summed E-state index contributed by atoms with van der Waals surface area (Å²) < 4.78 is 6.58. The van der Waals surface area contributed by atoms with Crippen LogP contribution in [0.2, 0.25) is 0 Å². The second-order valence-electron chi connectivity index (χ2n) is 5.36. The lowest BCUT2D eigenvalue weighted by Crippen LogP contribution is -2.30. The number of nitrogens with zero attached hydrogens (tertiary/aromatic N) is 2. The first kappa shape index (κ1) is 18.4. The van der Waals surface area contributed by atoms with E-state index in [9.17, 15) is 14.4 Å². The Labute approximate surface area is 148 Å². The van der Waals surface area contributed by atoms with Gasteiger partial charge in [-0.05, 0) is 32.0 Å². The highest BCUT2D eigenvalue weighted by molar-refractivity contribution is 7.07. The Morgan fingerprint density at radius 3 is 2.84 bits per heavy atom. The van der Waals surface area contributed by atoms with Gasteiger partial charge in [0.2, 0.25) is 0 Å². The second-order valence-corrected chi connectivity index (χ2v) is 6.18. The van der Waals surface area contributed by atoms with Gasteiger partial charge in [0.05, 0.1) is 18.1 Å². The van der Waals surface area contributed by atoms with Crippen molar-refractivity contribution >= 4 is 28.9 Å². The number of hydrogen-bond donors (Lipinski definition) is 1. The smallest absolute Gasteiger partial charge is 0.308 e. The van der Waals surface area contributed by atoms with Crippen LogP contribution in [0.25, 0.3) is 0 Å². The molecule has 1 aromatic carbocycles. The molecule has 2 rings (SSSR count). The molecular weight excluding hydrogens is 342 g/mol. The largest absolute Gasteiger partial charge is 0.452 e. The van der Waals surface area contributed by atoms with Crippen LogP contribution in [0, 0.1) is 18.3 Å². The molecule has 1 amide bonds. The molecule has 0 bridgehead atoms. The monoisotopic (exact) mass is 359 g/mol. The number of carbonyl (C=O) groups is 2. The van der Waals surface area contributed by atoms with Gasteiger partial charge >= 0.3 is 10.8 Å². The molecule has 25 heavy (non-hydrogen) atoms. The summed E-state index contributed by atoms with van der Waals surface area (Å²) in [6, 6.07) is 8.40. The van der Waals surface area contributed by atoms with Crippen LogP contribution in [0.1, 0.15) is 24.6 Å². The van der Waals surface area contributed by atoms with Gasteiger partial charge in [-0.25, -0.2) is 0 Å². The number of thiazole rings is 1. The first-order valence-electron chi connectivity index (χ1n) is 7.56. The first-order valence-corrected chi connectivity index (χ1v) is 8.44. The molecule has 0 saturated heterocycles. The summed E-state index contributed by atoms with van der Waals surface area (Å²) in [4.78, 5) is 35.4. The van der Waals surface area contributed by atoms with E-state index in [0.29, 0.717) is 11.3 Å². The van der Waals surface area contributed by atoms with Crippen LogP contribution < -0.4 is 10.2 Å². The average Bonchev–Trinajstić information content (AvgIpc) is 2.91. The van der Waals surface area contributed by atoms with Gasteiger partial charge in [-0.3, -0.25) is 14.4 Å². The summed E-state index contributed by atoms with van der Waals surface area (Å²) >= 11 is 1.07. The maximum Gasteiger partial charge on any atom is 0.308 e. The molecule has 0 spiro atoms. The molecule has 1 atom stereocenters.